The van der Waals surface area contributed by atoms with Crippen molar-refractivity contribution in [2.75, 3.05) is 18.9 Å². The molecule has 2 atom stereocenters. The van der Waals surface area contributed by atoms with Crippen molar-refractivity contribution >= 4 is 27.4 Å². The lowest BCUT2D eigenvalue weighted by Gasteiger charge is -2.35. The first kappa shape index (κ1) is 12.8. The highest BCUT2D eigenvalue weighted by Crippen LogP contribution is 2.30. The minimum atomic E-state index is 0.520. The molecular formula is C14H20N4S. The topological polar surface area (TPSA) is 41.0 Å². The molecule has 1 fully saturated rings. The van der Waals surface area contributed by atoms with Gasteiger partial charge in [0, 0.05) is 18.6 Å². The van der Waals surface area contributed by atoms with Crippen LogP contribution in [0.1, 0.15) is 25.3 Å². The summed E-state index contributed by atoms with van der Waals surface area (Å²) in [6.45, 7) is 5.54. The van der Waals surface area contributed by atoms with Crippen LogP contribution in [-0.2, 0) is 0 Å². The first-order valence-corrected chi connectivity index (χ1v) is 7.68. The van der Waals surface area contributed by atoms with Crippen molar-refractivity contribution in [1.29, 1.82) is 0 Å². The van der Waals surface area contributed by atoms with Crippen LogP contribution in [0, 0.1) is 6.92 Å². The number of nitrogens with zero attached hydrogens (tertiary/aromatic N) is 3. The van der Waals surface area contributed by atoms with Crippen LogP contribution in [-0.4, -0.2) is 40.5 Å². The van der Waals surface area contributed by atoms with E-state index in [2.05, 4.69) is 46.5 Å². The molecule has 1 saturated heterocycles. The highest BCUT2D eigenvalue weighted by Gasteiger charge is 2.23. The molecule has 2 aromatic rings. The maximum absolute atomic E-state index is 4.43. The number of hydrogen-bond acceptors (Lipinski definition) is 5. The predicted octanol–water partition coefficient (Wildman–Crippen LogP) is 2.89. The SMILES string of the molecule is Cc1csc2c(NC3CCN(C)C(C)C3)ncnc12. The van der Waals surface area contributed by atoms with Crippen molar-refractivity contribution < 1.29 is 0 Å². The van der Waals surface area contributed by atoms with Gasteiger partial charge in [0.15, 0.2) is 0 Å². The van der Waals surface area contributed by atoms with Crippen LogP contribution in [0.3, 0.4) is 0 Å². The number of hydrogen-bond donors (Lipinski definition) is 1. The quantitative estimate of drug-likeness (QED) is 0.915. The van der Waals surface area contributed by atoms with Crippen LogP contribution >= 0.6 is 11.3 Å². The van der Waals surface area contributed by atoms with Gasteiger partial charge in [-0.25, -0.2) is 9.97 Å². The largest absolute Gasteiger partial charge is 0.366 e. The predicted molar refractivity (Wildman–Crippen MR) is 80.9 cm³/mol. The summed E-state index contributed by atoms with van der Waals surface area (Å²) in [4.78, 5) is 11.2. The first-order chi connectivity index (χ1) is 9.15. The molecule has 0 aliphatic carbocycles. The minimum Gasteiger partial charge on any atom is -0.366 e. The molecule has 3 heterocycles. The molecule has 0 spiro atoms. The smallest absolute Gasteiger partial charge is 0.147 e. The van der Waals surface area contributed by atoms with E-state index in [1.807, 2.05) is 0 Å². The maximum atomic E-state index is 4.43. The van der Waals surface area contributed by atoms with E-state index in [1.54, 1.807) is 17.7 Å². The van der Waals surface area contributed by atoms with E-state index < -0.39 is 0 Å². The number of aryl methyl sites for hydroxylation is 1. The Morgan fingerprint density at radius 3 is 3.05 bits per heavy atom. The standard InChI is InChI=1S/C14H20N4S/c1-9-7-19-13-12(9)15-8-16-14(13)17-11-4-5-18(3)10(2)6-11/h7-8,10-11H,4-6H2,1-3H3,(H,15,16,17). The number of rotatable bonds is 2. The molecule has 1 aliphatic heterocycles. The van der Waals surface area contributed by atoms with Gasteiger partial charge in [-0.2, -0.15) is 0 Å². The average molecular weight is 276 g/mol. The van der Waals surface area contributed by atoms with E-state index in [0.717, 1.165) is 17.9 Å². The molecule has 5 heteroatoms. The van der Waals surface area contributed by atoms with E-state index in [-0.39, 0.29) is 0 Å². The second-order valence-corrected chi connectivity index (χ2v) is 6.39. The fraction of sp³-hybridized carbons (Fsp3) is 0.571. The summed E-state index contributed by atoms with van der Waals surface area (Å²) < 4.78 is 1.19. The Morgan fingerprint density at radius 1 is 1.42 bits per heavy atom. The summed E-state index contributed by atoms with van der Waals surface area (Å²) in [6.07, 6.45) is 4.02. The second kappa shape index (κ2) is 5.06. The molecule has 102 valence electrons. The van der Waals surface area contributed by atoms with Crippen LogP contribution in [0.25, 0.3) is 10.2 Å². The monoisotopic (exact) mass is 276 g/mol. The summed E-state index contributed by atoms with van der Waals surface area (Å²) in [5, 5.41) is 5.78. The molecule has 2 aromatic heterocycles. The van der Waals surface area contributed by atoms with Crippen molar-refractivity contribution in [3.05, 3.63) is 17.3 Å². The number of anilines is 1. The molecule has 2 unspecified atom stereocenters. The van der Waals surface area contributed by atoms with E-state index in [4.69, 9.17) is 0 Å². The Hall–Kier alpha value is -1.20. The minimum absolute atomic E-state index is 0.520. The third kappa shape index (κ3) is 2.44. The number of nitrogens with one attached hydrogen (secondary N) is 1. The summed E-state index contributed by atoms with van der Waals surface area (Å²) in [5.41, 5.74) is 2.32. The van der Waals surface area contributed by atoms with Crippen LogP contribution in [0.5, 0.6) is 0 Å². The molecule has 4 nitrogen and oxygen atoms in total. The zero-order valence-corrected chi connectivity index (χ0v) is 12.5. The molecular weight excluding hydrogens is 256 g/mol. The lowest BCUT2D eigenvalue weighted by molar-refractivity contribution is 0.190. The Bertz CT molecular complexity index is 580. The van der Waals surface area contributed by atoms with Gasteiger partial charge in [-0.15, -0.1) is 11.3 Å². The number of thiophene rings is 1. The van der Waals surface area contributed by atoms with Gasteiger partial charge in [-0.05, 0) is 44.7 Å². The Kier molecular flexibility index (Phi) is 3.41. The summed E-state index contributed by atoms with van der Waals surface area (Å²) >= 11 is 1.73. The van der Waals surface area contributed by atoms with Gasteiger partial charge >= 0.3 is 0 Å². The zero-order chi connectivity index (χ0) is 13.4. The van der Waals surface area contributed by atoms with Crippen LogP contribution in [0.2, 0.25) is 0 Å². The van der Waals surface area contributed by atoms with E-state index >= 15 is 0 Å². The van der Waals surface area contributed by atoms with Crippen molar-refractivity contribution in [1.82, 2.24) is 14.9 Å². The molecule has 19 heavy (non-hydrogen) atoms. The van der Waals surface area contributed by atoms with Gasteiger partial charge < -0.3 is 10.2 Å². The lowest BCUT2D eigenvalue weighted by atomic mass is 9.99. The Labute approximate surface area is 117 Å². The molecule has 0 bridgehead atoms. The molecule has 3 rings (SSSR count). The van der Waals surface area contributed by atoms with Gasteiger partial charge in [0.1, 0.15) is 12.1 Å². The fourth-order valence-electron chi connectivity index (χ4n) is 2.69. The Morgan fingerprint density at radius 2 is 2.26 bits per heavy atom. The van der Waals surface area contributed by atoms with E-state index in [9.17, 15) is 0 Å². The van der Waals surface area contributed by atoms with E-state index in [1.165, 1.54) is 23.1 Å². The van der Waals surface area contributed by atoms with Crippen molar-refractivity contribution in [3.63, 3.8) is 0 Å². The van der Waals surface area contributed by atoms with Gasteiger partial charge in [-0.1, -0.05) is 0 Å². The van der Waals surface area contributed by atoms with Gasteiger partial charge in [0.05, 0.1) is 10.2 Å². The summed E-state index contributed by atoms with van der Waals surface area (Å²) in [7, 11) is 2.20. The molecule has 0 radical (unpaired) electrons. The van der Waals surface area contributed by atoms with Crippen molar-refractivity contribution in [2.45, 2.75) is 38.8 Å². The number of fused-ring (bicyclic) bond motifs is 1. The molecule has 1 N–H and O–H groups in total. The van der Waals surface area contributed by atoms with Crippen LogP contribution in [0.15, 0.2) is 11.7 Å². The summed E-state index contributed by atoms with van der Waals surface area (Å²) in [6, 6.07) is 1.15. The third-order valence-electron chi connectivity index (χ3n) is 4.08. The second-order valence-electron chi connectivity index (χ2n) is 5.51. The van der Waals surface area contributed by atoms with Gasteiger partial charge in [0.2, 0.25) is 0 Å². The zero-order valence-electron chi connectivity index (χ0n) is 11.7. The number of aromatic nitrogens is 2. The van der Waals surface area contributed by atoms with Gasteiger partial charge in [0.25, 0.3) is 0 Å². The maximum Gasteiger partial charge on any atom is 0.147 e. The Balaban J connectivity index is 1.82. The normalized spacial score (nSPS) is 24.8. The average Bonchev–Trinajstić information content (AvgIpc) is 2.77. The highest BCUT2D eigenvalue weighted by molar-refractivity contribution is 7.18. The highest BCUT2D eigenvalue weighted by atomic mass is 32.1. The number of piperidine rings is 1. The molecule has 1 aliphatic rings. The number of likely N-dealkylation sites (tertiary alicyclic amines) is 1. The molecule has 0 amide bonds. The van der Waals surface area contributed by atoms with Crippen molar-refractivity contribution in [2.24, 2.45) is 0 Å². The first-order valence-electron chi connectivity index (χ1n) is 6.80. The van der Waals surface area contributed by atoms with Gasteiger partial charge in [-0.3, -0.25) is 0 Å². The molecule has 0 aromatic carbocycles. The van der Waals surface area contributed by atoms with Crippen LogP contribution in [0.4, 0.5) is 5.82 Å². The third-order valence-corrected chi connectivity index (χ3v) is 5.17. The molecule has 0 saturated carbocycles. The fourth-order valence-corrected chi connectivity index (χ4v) is 3.64. The lowest BCUT2D eigenvalue weighted by Crippen LogP contribution is -2.42. The van der Waals surface area contributed by atoms with Crippen LogP contribution < -0.4 is 5.32 Å². The summed E-state index contributed by atoms with van der Waals surface area (Å²) in [5.74, 6) is 1.00. The van der Waals surface area contributed by atoms with E-state index in [0.29, 0.717) is 12.1 Å². The van der Waals surface area contributed by atoms with Crippen molar-refractivity contribution in [3.8, 4) is 0 Å².